The van der Waals surface area contributed by atoms with Gasteiger partial charge in [0.2, 0.25) is 0 Å². The van der Waals surface area contributed by atoms with E-state index in [1.165, 1.54) is 0 Å². The Hall–Kier alpha value is -0.730. The Labute approximate surface area is 85.9 Å². The Bertz CT molecular complexity index is 231. The van der Waals surface area contributed by atoms with Crippen molar-refractivity contribution in [1.29, 1.82) is 0 Å². The van der Waals surface area contributed by atoms with Crippen molar-refractivity contribution in [3.05, 3.63) is 0 Å². The van der Waals surface area contributed by atoms with Gasteiger partial charge in [-0.3, -0.25) is 0 Å². The van der Waals surface area contributed by atoms with Gasteiger partial charge >= 0.3 is 5.97 Å². The molecule has 88 valence electrons. The molecular formula is C8H14O7. The highest BCUT2D eigenvalue weighted by Gasteiger charge is 2.47. The van der Waals surface area contributed by atoms with Crippen molar-refractivity contribution in [2.45, 2.75) is 37.6 Å². The summed E-state index contributed by atoms with van der Waals surface area (Å²) in [6, 6.07) is 0. The molecule has 1 aliphatic rings. The first-order valence-electron chi connectivity index (χ1n) is 4.53. The van der Waals surface area contributed by atoms with Crippen LogP contribution in [0.25, 0.3) is 0 Å². The highest BCUT2D eigenvalue weighted by molar-refractivity contribution is 5.73. The highest BCUT2D eigenvalue weighted by atomic mass is 16.7. The Morgan fingerprint density at radius 3 is 2.33 bits per heavy atom. The Morgan fingerprint density at radius 1 is 1.27 bits per heavy atom. The number of ether oxygens (including phenoxy) is 2. The zero-order valence-corrected chi connectivity index (χ0v) is 8.11. The number of rotatable bonds is 3. The second-order valence-electron chi connectivity index (χ2n) is 3.19. The van der Waals surface area contributed by atoms with Crippen molar-refractivity contribution in [2.24, 2.45) is 0 Å². The maximum Gasteiger partial charge on any atom is 0.335 e. The van der Waals surface area contributed by atoms with E-state index in [2.05, 4.69) is 0 Å². The van der Waals surface area contributed by atoms with Gasteiger partial charge in [0.1, 0.15) is 18.3 Å². The van der Waals surface area contributed by atoms with Crippen molar-refractivity contribution < 1.29 is 34.7 Å². The number of hydrogen-bond acceptors (Lipinski definition) is 6. The summed E-state index contributed by atoms with van der Waals surface area (Å²) in [5.74, 6) is -1.42. The molecule has 15 heavy (non-hydrogen) atoms. The number of carbonyl (C=O) groups is 1. The molecule has 0 aromatic rings. The minimum Gasteiger partial charge on any atom is -0.479 e. The minimum atomic E-state index is -1.67. The number of aliphatic carboxylic acids is 1. The summed E-state index contributed by atoms with van der Waals surface area (Å²) in [6.45, 7) is 1.82. The van der Waals surface area contributed by atoms with Crippen LogP contribution in [0.1, 0.15) is 6.92 Å². The summed E-state index contributed by atoms with van der Waals surface area (Å²) in [5, 5.41) is 36.7. The number of carboxylic acids is 1. The molecule has 0 aromatic heterocycles. The second-order valence-corrected chi connectivity index (χ2v) is 3.19. The molecule has 0 spiro atoms. The van der Waals surface area contributed by atoms with Crippen LogP contribution in [0.15, 0.2) is 0 Å². The number of aliphatic hydroxyl groups excluding tert-OH is 3. The number of hydrogen-bond donors (Lipinski definition) is 4. The van der Waals surface area contributed by atoms with Gasteiger partial charge in [0.25, 0.3) is 0 Å². The first kappa shape index (κ1) is 12.3. The molecule has 1 aliphatic heterocycles. The monoisotopic (exact) mass is 222 g/mol. The predicted octanol–water partition coefficient (Wildman–Crippen LogP) is -2.08. The maximum absolute atomic E-state index is 10.6. The van der Waals surface area contributed by atoms with E-state index in [0.717, 1.165) is 0 Å². The summed E-state index contributed by atoms with van der Waals surface area (Å²) in [7, 11) is 0. The zero-order valence-electron chi connectivity index (χ0n) is 8.11. The van der Waals surface area contributed by atoms with Gasteiger partial charge in [-0.2, -0.15) is 0 Å². The van der Waals surface area contributed by atoms with E-state index in [1.807, 2.05) is 0 Å². The lowest BCUT2D eigenvalue weighted by Crippen LogP contribution is -2.60. The molecule has 1 heterocycles. The molecule has 0 bridgehead atoms. The summed E-state index contributed by atoms with van der Waals surface area (Å²) in [4.78, 5) is 10.6. The van der Waals surface area contributed by atoms with Gasteiger partial charge < -0.3 is 29.9 Å². The Morgan fingerprint density at radius 2 is 1.87 bits per heavy atom. The van der Waals surface area contributed by atoms with Gasteiger partial charge in [0.05, 0.1) is 0 Å². The van der Waals surface area contributed by atoms with Crippen molar-refractivity contribution in [2.75, 3.05) is 6.61 Å². The van der Waals surface area contributed by atoms with E-state index in [0.29, 0.717) is 0 Å². The molecule has 1 saturated heterocycles. The molecule has 0 amide bonds. The fourth-order valence-electron chi connectivity index (χ4n) is 1.35. The van der Waals surface area contributed by atoms with Gasteiger partial charge in [0.15, 0.2) is 12.4 Å². The molecule has 2 unspecified atom stereocenters. The molecule has 0 saturated carbocycles. The Balaban J connectivity index is 2.75. The average molecular weight is 222 g/mol. The summed E-state index contributed by atoms with van der Waals surface area (Å²) in [6.07, 6.45) is -7.57. The molecular weight excluding hydrogens is 208 g/mol. The van der Waals surface area contributed by atoms with Gasteiger partial charge in [0, 0.05) is 6.61 Å². The van der Waals surface area contributed by atoms with Crippen LogP contribution in [0.3, 0.4) is 0 Å². The van der Waals surface area contributed by atoms with Crippen molar-refractivity contribution in [3.8, 4) is 0 Å². The fraction of sp³-hybridized carbons (Fsp3) is 0.875. The number of aliphatic hydroxyl groups is 3. The van der Waals surface area contributed by atoms with Crippen LogP contribution in [0.4, 0.5) is 0 Å². The molecule has 4 N–H and O–H groups in total. The molecule has 0 aromatic carbocycles. The third kappa shape index (κ3) is 2.44. The third-order valence-corrected chi connectivity index (χ3v) is 2.14. The summed E-state index contributed by atoms with van der Waals surface area (Å²) < 4.78 is 9.69. The van der Waals surface area contributed by atoms with Crippen LogP contribution in [0, 0.1) is 0 Å². The quantitative estimate of drug-likeness (QED) is 0.432. The lowest BCUT2D eigenvalue weighted by atomic mass is 9.99. The molecule has 7 heteroatoms. The van der Waals surface area contributed by atoms with Crippen LogP contribution < -0.4 is 0 Å². The van der Waals surface area contributed by atoms with Gasteiger partial charge in [-0.05, 0) is 6.92 Å². The van der Waals surface area contributed by atoms with E-state index in [4.69, 9.17) is 14.6 Å². The molecule has 5 atom stereocenters. The number of carboxylic acid groups (broad SMARTS) is 1. The smallest absolute Gasteiger partial charge is 0.335 e. The van der Waals surface area contributed by atoms with Gasteiger partial charge in [-0.25, -0.2) is 4.79 Å². The van der Waals surface area contributed by atoms with Crippen LogP contribution in [-0.4, -0.2) is 63.7 Å². The third-order valence-electron chi connectivity index (χ3n) is 2.14. The topological polar surface area (TPSA) is 116 Å². The first-order valence-corrected chi connectivity index (χ1v) is 4.53. The summed E-state index contributed by atoms with van der Waals surface area (Å²) >= 11 is 0. The van der Waals surface area contributed by atoms with Crippen molar-refractivity contribution in [1.82, 2.24) is 0 Å². The standard InChI is InChI=1S/C8H14O7/c1-2-14-8-5(11)3(9)4(10)6(15-8)7(12)13/h3-6,8-11H,2H2,1H3,(H,12,13)/t3?,4-,5+,6?,8+/m1/s1. The zero-order chi connectivity index (χ0) is 11.6. The lowest BCUT2D eigenvalue weighted by Gasteiger charge is -2.38. The van der Waals surface area contributed by atoms with Crippen LogP contribution in [0.2, 0.25) is 0 Å². The minimum absolute atomic E-state index is 0.191. The van der Waals surface area contributed by atoms with E-state index in [-0.39, 0.29) is 6.61 Å². The largest absolute Gasteiger partial charge is 0.479 e. The van der Waals surface area contributed by atoms with Crippen LogP contribution in [-0.2, 0) is 14.3 Å². The first-order chi connectivity index (χ1) is 6.99. The molecule has 0 aliphatic carbocycles. The van der Waals surface area contributed by atoms with E-state index in [1.54, 1.807) is 6.92 Å². The van der Waals surface area contributed by atoms with Crippen LogP contribution >= 0.6 is 0 Å². The molecule has 1 fully saturated rings. The van der Waals surface area contributed by atoms with Crippen molar-refractivity contribution >= 4 is 5.97 Å². The van der Waals surface area contributed by atoms with Gasteiger partial charge in [-0.15, -0.1) is 0 Å². The van der Waals surface area contributed by atoms with E-state index >= 15 is 0 Å². The lowest BCUT2D eigenvalue weighted by molar-refractivity contribution is -0.292. The maximum atomic E-state index is 10.6. The highest BCUT2D eigenvalue weighted by Crippen LogP contribution is 2.22. The van der Waals surface area contributed by atoms with Crippen molar-refractivity contribution in [3.63, 3.8) is 0 Å². The predicted molar refractivity (Wildman–Crippen MR) is 45.9 cm³/mol. The fourth-order valence-corrected chi connectivity index (χ4v) is 1.35. The van der Waals surface area contributed by atoms with E-state index < -0.39 is 36.7 Å². The van der Waals surface area contributed by atoms with Gasteiger partial charge in [-0.1, -0.05) is 0 Å². The van der Waals surface area contributed by atoms with Crippen LogP contribution in [0.5, 0.6) is 0 Å². The summed E-state index contributed by atoms with van der Waals surface area (Å²) in [5.41, 5.74) is 0. The average Bonchev–Trinajstić information content (AvgIpc) is 2.18. The van der Waals surface area contributed by atoms with E-state index in [9.17, 15) is 20.1 Å². The molecule has 7 nitrogen and oxygen atoms in total. The molecule has 1 rings (SSSR count). The Kier molecular flexibility index (Phi) is 4.00. The SMILES string of the molecule is CCO[C@H]1OC(C(=O)O)[C@H](O)C(O)[C@@H]1O. The normalized spacial score (nSPS) is 41.5. The second kappa shape index (κ2) is 4.86. The molecule has 0 radical (unpaired) electrons.